The third kappa shape index (κ3) is 3.46. The SMILES string of the molecule is CC1CN(C(=O)c2cc([N+](=O)[O-])cnc2Cl)CC(CO)O1. The van der Waals surface area contributed by atoms with E-state index in [1.165, 1.54) is 4.90 Å². The van der Waals surface area contributed by atoms with Gasteiger partial charge < -0.3 is 14.7 Å². The number of halogens is 1. The van der Waals surface area contributed by atoms with Gasteiger partial charge >= 0.3 is 0 Å². The second-order valence-corrected chi connectivity index (χ2v) is 5.11. The van der Waals surface area contributed by atoms with Crippen LogP contribution in [0.4, 0.5) is 5.69 Å². The highest BCUT2D eigenvalue weighted by Gasteiger charge is 2.30. The summed E-state index contributed by atoms with van der Waals surface area (Å²) >= 11 is 5.86. The molecule has 0 saturated carbocycles. The standard InChI is InChI=1S/C12H14ClN3O5/c1-7-4-15(5-9(6-17)21-7)12(18)10-2-8(16(19)20)3-14-11(10)13/h2-3,7,9,17H,4-6H2,1H3. The fraction of sp³-hybridized carbons (Fsp3) is 0.500. The third-order valence-electron chi connectivity index (χ3n) is 3.08. The van der Waals surface area contributed by atoms with Crippen LogP contribution in [0.15, 0.2) is 12.3 Å². The Kier molecular flexibility index (Phi) is 4.71. The number of morpholine rings is 1. The zero-order valence-corrected chi connectivity index (χ0v) is 12.0. The van der Waals surface area contributed by atoms with Crippen molar-refractivity contribution in [3.8, 4) is 0 Å². The van der Waals surface area contributed by atoms with Gasteiger partial charge in [-0.3, -0.25) is 14.9 Å². The van der Waals surface area contributed by atoms with Crippen molar-refractivity contribution in [2.24, 2.45) is 0 Å². The van der Waals surface area contributed by atoms with Crippen molar-refractivity contribution in [1.82, 2.24) is 9.88 Å². The highest BCUT2D eigenvalue weighted by atomic mass is 35.5. The molecule has 1 saturated heterocycles. The average Bonchev–Trinajstić information content (AvgIpc) is 2.46. The molecule has 1 aliphatic heterocycles. The Hall–Kier alpha value is -1.77. The van der Waals surface area contributed by atoms with Crippen molar-refractivity contribution in [2.45, 2.75) is 19.1 Å². The Morgan fingerprint density at radius 1 is 1.67 bits per heavy atom. The molecule has 9 heteroatoms. The van der Waals surface area contributed by atoms with E-state index < -0.39 is 16.9 Å². The van der Waals surface area contributed by atoms with Gasteiger partial charge in [-0.15, -0.1) is 0 Å². The maximum Gasteiger partial charge on any atom is 0.288 e. The molecule has 2 atom stereocenters. The minimum atomic E-state index is -0.640. The Bertz CT molecular complexity index is 568. The lowest BCUT2D eigenvalue weighted by Gasteiger charge is -2.36. The number of rotatable bonds is 3. The molecule has 1 amide bonds. The van der Waals surface area contributed by atoms with Crippen molar-refractivity contribution in [1.29, 1.82) is 0 Å². The maximum absolute atomic E-state index is 12.4. The molecule has 2 rings (SSSR count). The van der Waals surface area contributed by atoms with E-state index in [0.717, 1.165) is 12.3 Å². The Morgan fingerprint density at radius 3 is 3.00 bits per heavy atom. The number of aliphatic hydroxyl groups excluding tert-OH is 1. The third-order valence-corrected chi connectivity index (χ3v) is 3.38. The predicted molar refractivity (Wildman–Crippen MR) is 73.2 cm³/mol. The second kappa shape index (κ2) is 6.33. The molecule has 1 aromatic heterocycles. The monoisotopic (exact) mass is 315 g/mol. The van der Waals surface area contributed by atoms with E-state index in [2.05, 4.69) is 4.98 Å². The van der Waals surface area contributed by atoms with Crippen molar-refractivity contribution < 1.29 is 19.6 Å². The lowest BCUT2D eigenvalue weighted by molar-refractivity contribution is -0.385. The number of nitro groups is 1. The Morgan fingerprint density at radius 2 is 2.38 bits per heavy atom. The van der Waals surface area contributed by atoms with Crippen LogP contribution in [0.3, 0.4) is 0 Å². The van der Waals surface area contributed by atoms with Crippen molar-refractivity contribution in [3.05, 3.63) is 33.1 Å². The van der Waals surface area contributed by atoms with Crippen LogP contribution >= 0.6 is 11.6 Å². The summed E-state index contributed by atoms with van der Waals surface area (Å²) in [7, 11) is 0. The van der Waals surface area contributed by atoms with E-state index >= 15 is 0 Å². The molecule has 2 unspecified atom stereocenters. The number of aliphatic hydroxyl groups is 1. The number of ether oxygens (including phenoxy) is 1. The van der Waals surface area contributed by atoms with Gasteiger partial charge in [0.2, 0.25) is 0 Å². The predicted octanol–water partition coefficient (Wildman–Crippen LogP) is 0.865. The number of aromatic nitrogens is 1. The molecule has 0 bridgehead atoms. The van der Waals surface area contributed by atoms with Crippen LogP contribution in [0.2, 0.25) is 5.15 Å². The first-order chi connectivity index (χ1) is 9.92. The van der Waals surface area contributed by atoms with Crippen LogP contribution in [0, 0.1) is 10.1 Å². The number of carbonyl (C=O) groups is 1. The molecule has 0 spiro atoms. The number of carbonyl (C=O) groups excluding carboxylic acids is 1. The largest absolute Gasteiger partial charge is 0.394 e. The molecule has 2 heterocycles. The smallest absolute Gasteiger partial charge is 0.288 e. The summed E-state index contributed by atoms with van der Waals surface area (Å²) in [6.07, 6.45) is 0.269. The van der Waals surface area contributed by atoms with Gasteiger partial charge in [0, 0.05) is 19.2 Å². The number of nitrogens with zero attached hydrogens (tertiary/aromatic N) is 3. The van der Waals surface area contributed by atoms with Gasteiger partial charge in [-0.2, -0.15) is 0 Å². The van der Waals surface area contributed by atoms with E-state index in [-0.39, 0.29) is 35.7 Å². The summed E-state index contributed by atoms with van der Waals surface area (Å²) in [4.78, 5) is 27.7. The average molecular weight is 316 g/mol. The molecule has 1 aliphatic rings. The number of amides is 1. The minimum absolute atomic E-state index is 0.0309. The molecule has 114 valence electrons. The summed E-state index contributed by atoms with van der Waals surface area (Å²) in [5.74, 6) is -0.468. The summed E-state index contributed by atoms with van der Waals surface area (Å²) in [6.45, 7) is 2.07. The number of pyridine rings is 1. The highest BCUT2D eigenvalue weighted by Crippen LogP contribution is 2.22. The van der Waals surface area contributed by atoms with Crippen LogP contribution in [0.5, 0.6) is 0 Å². The summed E-state index contributed by atoms with van der Waals surface area (Å²) in [5.41, 5.74) is -0.334. The van der Waals surface area contributed by atoms with Crippen molar-refractivity contribution >= 4 is 23.2 Å². The Labute approximate surface area is 125 Å². The molecule has 0 radical (unpaired) electrons. The normalized spacial score (nSPS) is 22.1. The van der Waals surface area contributed by atoms with E-state index in [4.69, 9.17) is 21.4 Å². The van der Waals surface area contributed by atoms with Gasteiger partial charge in [0.25, 0.3) is 11.6 Å². The number of hydrogen-bond donors (Lipinski definition) is 1. The van der Waals surface area contributed by atoms with Crippen LogP contribution in [-0.2, 0) is 4.74 Å². The van der Waals surface area contributed by atoms with Gasteiger partial charge in [-0.25, -0.2) is 4.98 Å². The zero-order valence-electron chi connectivity index (χ0n) is 11.2. The van der Waals surface area contributed by atoms with E-state index in [0.29, 0.717) is 6.54 Å². The lowest BCUT2D eigenvalue weighted by Crippen LogP contribution is -2.50. The van der Waals surface area contributed by atoms with Gasteiger partial charge in [0.05, 0.1) is 29.3 Å². The zero-order chi connectivity index (χ0) is 15.6. The molecule has 1 N–H and O–H groups in total. The van der Waals surface area contributed by atoms with E-state index in [1.807, 2.05) is 0 Å². The first-order valence-corrected chi connectivity index (χ1v) is 6.65. The molecule has 1 aromatic rings. The topological polar surface area (TPSA) is 106 Å². The quantitative estimate of drug-likeness (QED) is 0.504. The van der Waals surface area contributed by atoms with Gasteiger partial charge in [-0.1, -0.05) is 11.6 Å². The first kappa shape index (κ1) is 15.6. The fourth-order valence-corrected chi connectivity index (χ4v) is 2.35. The Balaban J connectivity index is 2.26. The van der Waals surface area contributed by atoms with Crippen LogP contribution in [0.25, 0.3) is 0 Å². The molecule has 0 aromatic carbocycles. The molecular weight excluding hydrogens is 302 g/mol. The highest BCUT2D eigenvalue weighted by molar-refractivity contribution is 6.32. The summed E-state index contributed by atoms with van der Waals surface area (Å²) in [5, 5.41) is 19.8. The molecular formula is C12H14ClN3O5. The molecule has 21 heavy (non-hydrogen) atoms. The molecule has 0 aliphatic carbocycles. The number of hydrogen-bond acceptors (Lipinski definition) is 6. The van der Waals surface area contributed by atoms with Crippen molar-refractivity contribution in [3.63, 3.8) is 0 Å². The second-order valence-electron chi connectivity index (χ2n) is 4.75. The van der Waals surface area contributed by atoms with Gasteiger partial charge in [0.15, 0.2) is 0 Å². The van der Waals surface area contributed by atoms with Crippen molar-refractivity contribution in [2.75, 3.05) is 19.7 Å². The fourth-order valence-electron chi connectivity index (χ4n) is 2.17. The minimum Gasteiger partial charge on any atom is -0.394 e. The summed E-state index contributed by atoms with van der Waals surface area (Å²) < 4.78 is 5.44. The van der Waals surface area contributed by atoms with E-state index in [9.17, 15) is 14.9 Å². The molecule has 1 fully saturated rings. The van der Waals surface area contributed by atoms with Gasteiger partial charge in [0.1, 0.15) is 11.3 Å². The van der Waals surface area contributed by atoms with E-state index in [1.54, 1.807) is 6.92 Å². The first-order valence-electron chi connectivity index (χ1n) is 6.28. The maximum atomic E-state index is 12.4. The lowest BCUT2D eigenvalue weighted by atomic mass is 10.1. The van der Waals surface area contributed by atoms with Crippen LogP contribution in [-0.4, -0.2) is 57.7 Å². The summed E-state index contributed by atoms with van der Waals surface area (Å²) in [6, 6.07) is 1.10. The molecule has 8 nitrogen and oxygen atoms in total. The van der Waals surface area contributed by atoms with Crippen LogP contribution in [0.1, 0.15) is 17.3 Å². The van der Waals surface area contributed by atoms with Crippen LogP contribution < -0.4 is 0 Å². The van der Waals surface area contributed by atoms with Gasteiger partial charge in [-0.05, 0) is 6.92 Å².